The number of rotatable bonds is 10. The molecule has 0 bridgehead atoms. The van der Waals surface area contributed by atoms with Gasteiger partial charge in [0.05, 0.1) is 18.4 Å². The van der Waals surface area contributed by atoms with Gasteiger partial charge >= 0.3 is 15.6 Å². The van der Waals surface area contributed by atoms with E-state index in [1.165, 1.54) is 43.2 Å². The number of alkyl halides is 4. The van der Waals surface area contributed by atoms with Crippen LogP contribution in [-0.2, 0) is 10.1 Å². The molecule has 0 aliphatic heterocycles. The summed E-state index contributed by atoms with van der Waals surface area (Å²) < 4.78 is 82.0. The summed E-state index contributed by atoms with van der Waals surface area (Å²) in [6, 6.07) is 5.22. The standard InChI is InChI=1S/C23H24F4N6O5S.CH3Cl/c1-14-21(38-39(36,37)23(25,26)27)31-20-19(16-5-3-4-6-17(16)24)30-18(13-33(20)22(14)35)32(9-10-34)8-7-15(11-28)12-29-2;1-2/h3-6,11-13,34H,7-10,28H2,1-2H3;1H3/b15-11-,29-12?;. The van der Waals surface area contributed by atoms with Crippen molar-refractivity contribution in [2.45, 2.75) is 18.9 Å². The van der Waals surface area contributed by atoms with Gasteiger partial charge in [0.15, 0.2) is 5.65 Å². The first-order chi connectivity index (χ1) is 19.3. The second-order valence-corrected chi connectivity index (χ2v) is 9.58. The Kier molecular flexibility index (Phi) is 11.6. The van der Waals surface area contributed by atoms with E-state index in [1.54, 1.807) is 11.9 Å². The Bertz CT molecular complexity index is 1600. The minimum Gasteiger partial charge on any atom is -0.404 e. The van der Waals surface area contributed by atoms with Crippen molar-refractivity contribution in [3.05, 3.63) is 64.0 Å². The first kappa shape index (κ1) is 33.4. The topological polar surface area (TPSA) is 152 Å². The fourth-order valence-electron chi connectivity index (χ4n) is 3.50. The van der Waals surface area contributed by atoms with Crippen molar-refractivity contribution < 1.29 is 35.3 Å². The molecular formula is C24H27ClF4N6O5S. The molecule has 0 aliphatic carbocycles. The Morgan fingerprint density at radius 3 is 2.46 bits per heavy atom. The molecule has 0 atom stereocenters. The highest BCUT2D eigenvalue weighted by molar-refractivity contribution is 7.87. The van der Waals surface area contributed by atoms with Crippen molar-refractivity contribution in [1.29, 1.82) is 0 Å². The molecule has 3 N–H and O–H groups in total. The van der Waals surface area contributed by atoms with Gasteiger partial charge in [-0.2, -0.15) is 26.6 Å². The molecule has 1 aromatic carbocycles. The van der Waals surface area contributed by atoms with Crippen LogP contribution in [-0.4, -0.2) is 72.7 Å². The highest BCUT2D eigenvalue weighted by Crippen LogP contribution is 2.30. The number of anilines is 1. The molecule has 11 nitrogen and oxygen atoms in total. The van der Waals surface area contributed by atoms with E-state index in [1.807, 2.05) is 0 Å². The summed E-state index contributed by atoms with van der Waals surface area (Å²) in [5.41, 5.74) is -1.99. The predicted octanol–water partition coefficient (Wildman–Crippen LogP) is 3.02. The third-order valence-electron chi connectivity index (χ3n) is 5.45. The van der Waals surface area contributed by atoms with Crippen LogP contribution < -0.4 is 20.4 Å². The molecule has 2 heterocycles. The number of aliphatic imine (C=N–C) groups is 1. The molecule has 0 saturated carbocycles. The Morgan fingerprint density at radius 2 is 1.90 bits per heavy atom. The third kappa shape index (κ3) is 7.71. The third-order valence-corrected chi connectivity index (χ3v) is 6.40. The van der Waals surface area contributed by atoms with Gasteiger partial charge in [0.2, 0.25) is 5.88 Å². The smallest absolute Gasteiger partial charge is 0.404 e. The zero-order valence-electron chi connectivity index (χ0n) is 22.1. The van der Waals surface area contributed by atoms with Gasteiger partial charge in [0, 0.05) is 38.3 Å². The molecule has 0 aliphatic rings. The Labute approximate surface area is 237 Å². The summed E-state index contributed by atoms with van der Waals surface area (Å²) in [6.07, 6.45) is 5.89. The zero-order chi connectivity index (χ0) is 31.0. The fourth-order valence-corrected chi connectivity index (χ4v) is 3.96. The summed E-state index contributed by atoms with van der Waals surface area (Å²) in [4.78, 5) is 26.9. The molecule has 0 unspecified atom stereocenters. The van der Waals surface area contributed by atoms with E-state index in [-0.39, 0.29) is 36.8 Å². The van der Waals surface area contributed by atoms with E-state index in [9.17, 15) is 35.9 Å². The number of aliphatic hydroxyl groups excluding tert-OH is 1. The molecule has 3 rings (SSSR count). The molecule has 0 radical (unpaired) electrons. The molecule has 0 spiro atoms. The highest BCUT2D eigenvalue weighted by Gasteiger charge is 2.49. The van der Waals surface area contributed by atoms with Crippen molar-refractivity contribution in [2.75, 3.05) is 38.0 Å². The Hall–Kier alpha value is -3.76. The molecule has 0 fully saturated rings. The molecule has 224 valence electrons. The van der Waals surface area contributed by atoms with Gasteiger partial charge in [-0.3, -0.25) is 14.2 Å². The fraction of sp³-hybridized carbons (Fsp3) is 0.333. The lowest BCUT2D eigenvalue weighted by Gasteiger charge is -2.24. The predicted molar refractivity (Wildman–Crippen MR) is 147 cm³/mol. The number of nitrogens with zero attached hydrogens (tertiary/aromatic N) is 5. The number of benzene rings is 1. The highest BCUT2D eigenvalue weighted by atomic mass is 35.5. The van der Waals surface area contributed by atoms with Crippen molar-refractivity contribution in [1.82, 2.24) is 14.4 Å². The summed E-state index contributed by atoms with van der Waals surface area (Å²) >= 11 is 4.64. The van der Waals surface area contributed by atoms with E-state index >= 15 is 0 Å². The molecule has 3 aromatic rings. The molecule has 0 amide bonds. The monoisotopic (exact) mass is 622 g/mol. The van der Waals surface area contributed by atoms with Crippen molar-refractivity contribution in [3.8, 4) is 17.1 Å². The minimum absolute atomic E-state index is 0.0303. The van der Waals surface area contributed by atoms with Gasteiger partial charge < -0.3 is 19.9 Å². The number of aliphatic hydroxyl groups is 1. The van der Waals surface area contributed by atoms with E-state index in [4.69, 9.17) is 5.73 Å². The van der Waals surface area contributed by atoms with Crippen LogP contribution in [0.25, 0.3) is 16.9 Å². The van der Waals surface area contributed by atoms with Crippen LogP contribution in [0.4, 0.5) is 23.4 Å². The van der Waals surface area contributed by atoms with Gasteiger partial charge in [-0.15, -0.1) is 11.6 Å². The maximum Gasteiger partial charge on any atom is 0.534 e. The zero-order valence-corrected chi connectivity index (χ0v) is 23.6. The molecule has 41 heavy (non-hydrogen) atoms. The molecule has 2 aromatic heterocycles. The average molecular weight is 623 g/mol. The molecular weight excluding hydrogens is 596 g/mol. The minimum atomic E-state index is -6.16. The number of fused-ring (bicyclic) bond motifs is 1. The quantitative estimate of drug-likeness (QED) is 0.114. The van der Waals surface area contributed by atoms with Crippen LogP contribution in [0.2, 0.25) is 0 Å². The van der Waals surface area contributed by atoms with Crippen molar-refractivity contribution >= 4 is 39.4 Å². The second kappa shape index (κ2) is 14.2. The normalized spacial score (nSPS) is 12.4. The van der Waals surface area contributed by atoms with Crippen LogP contribution >= 0.6 is 11.6 Å². The number of hydrogen-bond donors (Lipinski definition) is 2. The SMILES string of the molecule is CCl.CN=C/C(=C\N)CCN(CCO)c1cn2c(=O)c(C)c(OS(=O)(=O)C(F)(F)F)nc2c(-c2ccccc2F)n1. The molecule has 0 saturated heterocycles. The largest absolute Gasteiger partial charge is 0.534 e. The average Bonchev–Trinajstić information content (AvgIpc) is 2.93. The van der Waals surface area contributed by atoms with E-state index in [0.717, 1.165) is 17.4 Å². The summed E-state index contributed by atoms with van der Waals surface area (Å²) in [6.45, 7) is 0.950. The van der Waals surface area contributed by atoms with E-state index in [0.29, 0.717) is 12.0 Å². The van der Waals surface area contributed by atoms with E-state index in [2.05, 4.69) is 30.7 Å². The van der Waals surface area contributed by atoms with E-state index < -0.39 is 44.1 Å². The van der Waals surface area contributed by atoms with Crippen LogP contribution in [0.3, 0.4) is 0 Å². The van der Waals surface area contributed by atoms with Gasteiger partial charge in [0.1, 0.15) is 17.3 Å². The number of halogens is 5. The maximum absolute atomic E-state index is 14.9. The first-order valence-corrected chi connectivity index (χ1v) is 13.8. The summed E-state index contributed by atoms with van der Waals surface area (Å²) in [7, 11) is -4.61. The van der Waals surface area contributed by atoms with Crippen LogP contribution in [0.15, 0.2) is 52.0 Å². The van der Waals surface area contributed by atoms with Crippen molar-refractivity contribution in [3.63, 3.8) is 0 Å². The van der Waals surface area contributed by atoms with Crippen molar-refractivity contribution in [2.24, 2.45) is 10.7 Å². The van der Waals surface area contributed by atoms with Gasteiger partial charge in [-0.05, 0) is 37.3 Å². The second-order valence-electron chi connectivity index (χ2n) is 8.04. The summed E-state index contributed by atoms with van der Waals surface area (Å²) in [5.74, 6) is -1.85. The maximum atomic E-state index is 14.9. The van der Waals surface area contributed by atoms with Gasteiger partial charge in [-0.25, -0.2) is 9.37 Å². The lowest BCUT2D eigenvalue weighted by molar-refractivity contribution is -0.0501. The number of hydrogen-bond acceptors (Lipinski definition) is 10. The Balaban J connectivity index is 0.00000287. The summed E-state index contributed by atoms with van der Waals surface area (Å²) in [5, 5.41) is 9.64. The Morgan fingerprint density at radius 1 is 1.24 bits per heavy atom. The molecule has 17 heteroatoms. The number of nitrogens with two attached hydrogens (primary N) is 1. The van der Waals surface area contributed by atoms with Crippen LogP contribution in [0.1, 0.15) is 12.0 Å². The van der Waals surface area contributed by atoms with Crippen LogP contribution in [0.5, 0.6) is 5.88 Å². The number of aromatic nitrogens is 3. The lowest BCUT2D eigenvalue weighted by atomic mass is 10.1. The van der Waals surface area contributed by atoms with Crippen LogP contribution in [0, 0.1) is 12.7 Å². The van der Waals surface area contributed by atoms with Gasteiger partial charge in [0.25, 0.3) is 5.56 Å². The first-order valence-electron chi connectivity index (χ1n) is 11.6. The lowest BCUT2D eigenvalue weighted by Crippen LogP contribution is -2.32. The van der Waals surface area contributed by atoms with Gasteiger partial charge in [-0.1, -0.05) is 12.1 Å².